The molecule has 0 radical (unpaired) electrons. The van der Waals surface area contributed by atoms with Crippen LogP contribution in [0.5, 0.6) is 5.75 Å². The van der Waals surface area contributed by atoms with E-state index < -0.39 is 0 Å². The molecule has 0 saturated heterocycles. The molecular weight excluding hydrogens is 204 g/mol. The summed E-state index contributed by atoms with van der Waals surface area (Å²) in [5, 5.41) is 0. The van der Waals surface area contributed by atoms with Crippen molar-refractivity contribution in [3.63, 3.8) is 0 Å². The lowest BCUT2D eigenvalue weighted by Crippen LogP contribution is -2.04. The molecule has 0 saturated carbocycles. The summed E-state index contributed by atoms with van der Waals surface area (Å²) in [6.45, 7) is 3.54. The molecule has 0 spiro atoms. The second-order valence-electron chi connectivity index (χ2n) is 2.31. The molecule has 0 atom stereocenters. The first-order chi connectivity index (χ1) is 6.86. The average molecular weight is 219 g/mol. The highest BCUT2D eigenvalue weighted by molar-refractivity contribution is 9.10. The van der Waals surface area contributed by atoms with Gasteiger partial charge in [-0.25, -0.2) is 0 Å². The van der Waals surface area contributed by atoms with Gasteiger partial charge in [0.05, 0.1) is 11.6 Å². The van der Waals surface area contributed by atoms with Crippen LogP contribution in [0.3, 0.4) is 0 Å². The third kappa shape index (κ3) is 2.93. The van der Waals surface area contributed by atoms with Crippen LogP contribution in [0.25, 0.3) is 0 Å². The van der Waals surface area contributed by atoms with Crippen LogP contribution >= 0.6 is 15.9 Å². The summed E-state index contributed by atoms with van der Waals surface area (Å²) in [5.74, 6) is 0.00296. The van der Waals surface area contributed by atoms with Gasteiger partial charge in [-0.3, -0.25) is 0 Å². The molecule has 0 amide bonds. The first kappa shape index (κ1) is 4.51. The lowest BCUT2D eigenvalue weighted by atomic mass is 10.3. The van der Waals surface area contributed by atoms with Gasteiger partial charge in [0.2, 0.25) is 0 Å². The second-order valence-corrected chi connectivity index (χ2v) is 3.10. The Labute approximate surface area is 81.1 Å². The number of rotatable bonds is 2. The zero-order chi connectivity index (χ0) is 11.7. The molecular formula is C9H11BrO. The van der Waals surface area contributed by atoms with Crippen molar-refractivity contribution < 1.29 is 10.2 Å². The first-order valence-corrected chi connectivity index (χ1v) is 4.08. The summed E-state index contributed by atoms with van der Waals surface area (Å²) in [5.41, 5.74) is 0. The van der Waals surface area contributed by atoms with Gasteiger partial charge in [-0.1, -0.05) is 15.9 Å². The molecule has 0 aliphatic rings. The van der Waals surface area contributed by atoms with Gasteiger partial charge in [0.25, 0.3) is 0 Å². The minimum atomic E-state index is -0.182. The van der Waals surface area contributed by atoms with Gasteiger partial charge in [0.15, 0.2) is 0 Å². The van der Waals surface area contributed by atoms with E-state index in [9.17, 15) is 0 Å². The van der Waals surface area contributed by atoms with Crippen LogP contribution in [0, 0.1) is 0 Å². The number of hydrogen-bond donors (Lipinski definition) is 0. The maximum Gasteiger partial charge on any atom is 0.119 e. The molecule has 11 heavy (non-hydrogen) atoms. The topological polar surface area (TPSA) is 9.23 Å². The predicted octanol–water partition coefficient (Wildman–Crippen LogP) is 3.24. The van der Waals surface area contributed by atoms with Gasteiger partial charge in [-0.2, -0.15) is 0 Å². The Morgan fingerprint density at radius 3 is 2.36 bits per heavy atom. The third-order valence-electron chi connectivity index (χ3n) is 0.925. The fraction of sp³-hybridized carbons (Fsp3) is 0.333. The molecule has 0 aliphatic heterocycles. The van der Waals surface area contributed by atoms with Gasteiger partial charge in [-0.15, -0.1) is 0 Å². The Morgan fingerprint density at radius 1 is 1.36 bits per heavy atom. The van der Waals surface area contributed by atoms with Crippen molar-refractivity contribution in [1.82, 2.24) is 0 Å². The fourth-order valence-electron chi connectivity index (χ4n) is 0.580. The third-order valence-corrected chi connectivity index (χ3v) is 1.32. The molecule has 0 aliphatic carbocycles. The SMILES string of the molecule is [2H]c1c([2H])c(OC(C)C)c([2H])c([2H])c1Br. The summed E-state index contributed by atoms with van der Waals surface area (Å²) >= 11 is 3.01. The highest BCUT2D eigenvalue weighted by atomic mass is 79.9. The molecule has 0 fully saturated rings. The van der Waals surface area contributed by atoms with Crippen LogP contribution in [-0.2, 0) is 0 Å². The van der Waals surface area contributed by atoms with Crippen molar-refractivity contribution in [2.45, 2.75) is 20.0 Å². The van der Waals surface area contributed by atoms with Crippen molar-refractivity contribution in [1.29, 1.82) is 0 Å². The van der Waals surface area contributed by atoms with Crippen molar-refractivity contribution in [2.24, 2.45) is 0 Å². The predicted molar refractivity (Wildman–Crippen MR) is 49.9 cm³/mol. The van der Waals surface area contributed by atoms with Crippen LogP contribution in [0.4, 0.5) is 0 Å². The van der Waals surface area contributed by atoms with E-state index in [0.29, 0.717) is 0 Å². The smallest absolute Gasteiger partial charge is 0.119 e. The van der Waals surface area contributed by atoms with Crippen molar-refractivity contribution in [2.75, 3.05) is 0 Å². The van der Waals surface area contributed by atoms with E-state index in [1.807, 2.05) is 0 Å². The van der Waals surface area contributed by atoms with Crippen LogP contribution in [0.1, 0.15) is 19.3 Å². The van der Waals surface area contributed by atoms with E-state index in [1.165, 1.54) is 0 Å². The van der Waals surface area contributed by atoms with Crippen LogP contribution in [0.2, 0.25) is 0 Å². The van der Waals surface area contributed by atoms with E-state index in [0.717, 1.165) is 0 Å². The van der Waals surface area contributed by atoms with Gasteiger partial charge < -0.3 is 4.74 Å². The molecule has 1 nitrogen and oxygen atoms in total. The largest absolute Gasteiger partial charge is 0.491 e. The first-order valence-electron chi connectivity index (χ1n) is 5.28. The lowest BCUT2D eigenvalue weighted by Gasteiger charge is -2.08. The minimum Gasteiger partial charge on any atom is -0.491 e. The Balaban J connectivity index is 3.39. The molecule has 1 aromatic rings. The number of ether oxygens (including phenoxy) is 1. The summed E-state index contributed by atoms with van der Waals surface area (Å²) < 4.78 is 35.8. The van der Waals surface area contributed by atoms with Gasteiger partial charge in [0.1, 0.15) is 5.75 Å². The molecule has 0 aromatic heterocycles. The summed E-state index contributed by atoms with van der Waals surface area (Å²) in [6, 6.07) is -0.550. The van der Waals surface area contributed by atoms with Crippen LogP contribution < -0.4 is 4.74 Å². The molecule has 2 heteroatoms. The number of hydrogen-bond acceptors (Lipinski definition) is 1. The van der Waals surface area contributed by atoms with E-state index in [-0.39, 0.29) is 40.5 Å². The summed E-state index contributed by atoms with van der Waals surface area (Å²) in [4.78, 5) is 0. The van der Waals surface area contributed by atoms with Gasteiger partial charge in [-0.05, 0) is 38.0 Å². The van der Waals surface area contributed by atoms with Crippen molar-refractivity contribution >= 4 is 15.9 Å². The Kier molecular flexibility index (Phi) is 1.54. The highest BCUT2D eigenvalue weighted by Crippen LogP contribution is 2.16. The monoisotopic (exact) mass is 218 g/mol. The number of benzene rings is 1. The molecule has 0 heterocycles. The standard InChI is InChI=1S/C9H11BrO/c1-7(2)11-9-5-3-8(10)4-6-9/h3-7H,1-2H3/i3D,4D,5D,6D. The Hall–Kier alpha value is -0.500. The Morgan fingerprint density at radius 2 is 1.91 bits per heavy atom. The zero-order valence-corrected chi connectivity index (χ0v) is 7.95. The lowest BCUT2D eigenvalue weighted by molar-refractivity contribution is 0.242. The van der Waals surface area contributed by atoms with E-state index in [4.69, 9.17) is 10.2 Å². The molecule has 1 rings (SSSR count). The molecule has 0 N–H and O–H groups in total. The minimum absolute atomic E-state index is 0.00296. The second kappa shape index (κ2) is 3.77. The van der Waals surface area contributed by atoms with E-state index >= 15 is 0 Å². The molecule has 60 valence electrons. The summed E-state index contributed by atoms with van der Waals surface area (Å²) in [6.07, 6.45) is -0.182. The molecule has 0 unspecified atom stereocenters. The highest BCUT2D eigenvalue weighted by Gasteiger charge is 1.95. The van der Waals surface area contributed by atoms with Gasteiger partial charge >= 0.3 is 0 Å². The maximum absolute atomic E-state index is 7.62. The van der Waals surface area contributed by atoms with Crippen molar-refractivity contribution in [3.05, 3.63) is 28.6 Å². The maximum atomic E-state index is 7.62. The van der Waals surface area contributed by atoms with E-state index in [1.54, 1.807) is 13.8 Å². The molecule has 0 bridgehead atoms. The quantitative estimate of drug-likeness (QED) is 0.741. The number of halogens is 1. The Bertz CT molecular complexity index is 363. The fourth-order valence-corrected chi connectivity index (χ4v) is 0.779. The average Bonchev–Trinajstić information content (AvgIpc) is 2.18. The summed E-state index contributed by atoms with van der Waals surface area (Å²) in [7, 11) is 0. The van der Waals surface area contributed by atoms with E-state index in [2.05, 4.69) is 15.9 Å². The van der Waals surface area contributed by atoms with Crippen molar-refractivity contribution in [3.8, 4) is 5.75 Å². The van der Waals surface area contributed by atoms with Crippen LogP contribution in [0.15, 0.2) is 28.6 Å². The normalized spacial score (nSPS) is 15.3. The van der Waals surface area contributed by atoms with Gasteiger partial charge in [0, 0.05) is 4.47 Å². The zero-order valence-electron chi connectivity index (χ0n) is 10.4. The van der Waals surface area contributed by atoms with Crippen LogP contribution in [-0.4, -0.2) is 6.10 Å². The molecule has 1 aromatic carbocycles.